The van der Waals surface area contributed by atoms with Crippen molar-refractivity contribution in [2.75, 3.05) is 19.5 Å². The predicted molar refractivity (Wildman–Crippen MR) is 118 cm³/mol. The Morgan fingerprint density at radius 2 is 1.97 bits per heavy atom. The van der Waals surface area contributed by atoms with E-state index >= 15 is 0 Å². The van der Waals surface area contributed by atoms with Gasteiger partial charge in [-0.1, -0.05) is 6.07 Å². The molecule has 1 unspecified atom stereocenters. The highest BCUT2D eigenvalue weighted by molar-refractivity contribution is 6.09. The highest BCUT2D eigenvalue weighted by Gasteiger charge is 2.29. The first-order chi connectivity index (χ1) is 15.8. The van der Waals surface area contributed by atoms with Crippen molar-refractivity contribution in [3.8, 4) is 23.0 Å². The van der Waals surface area contributed by atoms with Gasteiger partial charge in [0.2, 0.25) is 5.91 Å². The number of aromatic nitrogens is 1. The second kappa shape index (κ2) is 8.65. The van der Waals surface area contributed by atoms with Crippen molar-refractivity contribution in [2.24, 2.45) is 0 Å². The molecule has 1 atom stereocenters. The maximum absolute atomic E-state index is 13.2. The molecule has 0 radical (unpaired) electrons. The first kappa shape index (κ1) is 21.9. The number of methoxy groups -OCH3 is 2. The molecule has 3 N–H and O–H groups in total. The minimum atomic E-state index is -1.13. The summed E-state index contributed by atoms with van der Waals surface area (Å²) in [5.41, 5.74) is 1.39. The Hall–Kier alpha value is -4.34. The Morgan fingerprint density at radius 1 is 1.18 bits per heavy atom. The van der Waals surface area contributed by atoms with Gasteiger partial charge in [-0.3, -0.25) is 14.6 Å². The van der Waals surface area contributed by atoms with Crippen LogP contribution in [0.1, 0.15) is 23.7 Å². The van der Waals surface area contributed by atoms with Crippen LogP contribution in [0.5, 0.6) is 23.0 Å². The van der Waals surface area contributed by atoms with Crippen LogP contribution < -0.4 is 20.1 Å². The standard InChI is InChI=1S/C23H21N3O7/c1-11(27)25-13(23(30)32-3)9-14(28)12-5-4-6-17-20(12)26-22-18(33-17)10-15(29)21-19(22)16(31-2)7-8-24-21/h4-8,10,13,26,29H,9H2,1-3H3,(H,25,27). The SMILES string of the molecule is COC(=O)C(CC(=O)c1cccc2c1Nc1c(cc(O)c3nccc(OC)c13)O2)NC(C)=O. The molecule has 170 valence electrons. The number of para-hydroxylation sites is 1. The zero-order valence-corrected chi connectivity index (χ0v) is 18.1. The number of phenols is 1. The molecule has 0 fully saturated rings. The van der Waals surface area contributed by atoms with Crippen molar-refractivity contribution >= 4 is 39.9 Å². The van der Waals surface area contributed by atoms with E-state index in [9.17, 15) is 19.5 Å². The lowest BCUT2D eigenvalue weighted by molar-refractivity contribution is -0.144. The fourth-order valence-corrected chi connectivity index (χ4v) is 3.74. The second-order valence-electron chi connectivity index (χ2n) is 7.31. The van der Waals surface area contributed by atoms with Crippen LogP contribution in [0.15, 0.2) is 36.5 Å². The topological polar surface area (TPSA) is 136 Å². The number of amides is 1. The average Bonchev–Trinajstić information content (AvgIpc) is 2.81. The Bertz CT molecular complexity index is 1290. The monoisotopic (exact) mass is 451 g/mol. The van der Waals surface area contributed by atoms with Crippen LogP contribution in [0.25, 0.3) is 10.9 Å². The van der Waals surface area contributed by atoms with Gasteiger partial charge in [0.05, 0.1) is 31.0 Å². The number of carbonyl (C=O) groups excluding carboxylic acids is 3. The van der Waals surface area contributed by atoms with Crippen molar-refractivity contribution in [1.29, 1.82) is 0 Å². The van der Waals surface area contributed by atoms with E-state index in [1.807, 2.05) is 0 Å². The number of rotatable bonds is 6. The summed E-state index contributed by atoms with van der Waals surface area (Å²) in [5.74, 6) is -0.560. The van der Waals surface area contributed by atoms with E-state index in [1.165, 1.54) is 33.4 Å². The minimum Gasteiger partial charge on any atom is -0.506 e. The van der Waals surface area contributed by atoms with Crippen LogP contribution in [-0.2, 0) is 14.3 Å². The van der Waals surface area contributed by atoms with E-state index in [0.717, 1.165) is 0 Å². The van der Waals surface area contributed by atoms with E-state index in [2.05, 4.69) is 15.6 Å². The van der Waals surface area contributed by atoms with Gasteiger partial charge in [-0.2, -0.15) is 0 Å². The first-order valence-corrected chi connectivity index (χ1v) is 9.98. The zero-order chi connectivity index (χ0) is 23.7. The number of benzene rings is 2. The van der Waals surface area contributed by atoms with Crippen LogP contribution in [0.4, 0.5) is 11.4 Å². The number of esters is 1. The average molecular weight is 451 g/mol. The van der Waals surface area contributed by atoms with Crippen molar-refractivity contribution < 1.29 is 33.7 Å². The molecule has 10 heteroatoms. The van der Waals surface area contributed by atoms with Crippen LogP contribution in [-0.4, -0.2) is 48.0 Å². The molecule has 3 aromatic rings. The van der Waals surface area contributed by atoms with Crippen molar-refractivity contribution in [3.05, 3.63) is 42.1 Å². The smallest absolute Gasteiger partial charge is 0.328 e. The van der Waals surface area contributed by atoms with E-state index in [1.54, 1.807) is 24.3 Å². The summed E-state index contributed by atoms with van der Waals surface area (Å²) in [6.45, 7) is 1.25. The van der Waals surface area contributed by atoms with Gasteiger partial charge >= 0.3 is 5.97 Å². The van der Waals surface area contributed by atoms with Crippen LogP contribution >= 0.6 is 0 Å². The van der Waals surface area contributed by atoms with Gasteiger partial charge in [0, 0.05) is 31.2 Å². The van der Waals surface area contributed by atoms with Crippen LogP contribution in [0.2, 0.25) is 0 Å². The van der Waals surface area contributed by atoms with Crippen molar-refractivity contribution in [2.45, 2.75) is 19.4 Å². The Balaban J connectivity index is 1.76. The number of anilines is 2. The van der Waals surface area contributed by atoms with Gasteiger partial charge < -0.3 is 30.0 Å². The Morgan fingerprint density at radius 3 is 2.67 bits per heavy atom. The van der Waals surface area contributed by atoms with Gasteiger partial charge in [0.15, 0.2) is 17.3 Å². The number of nitrogens with one attached hydrogen (secondary N) is 2. The molecule has 2 heterocycles. The number of fused-ring (bicyclic) bond motifs is 4. The number of ether oxygens (including phenoxy) is 3. The molecule has 0 aliphatic carbocycles. The minimum absolute atomic E-state index is 0.0867. The normalized spacial score (nSPS) is 12.5. The van der Waals surface area contributed by atoms with Crippen LogP contribution in [0.3, 0.4) is 0 Å². The summed E-state index contributed by atoms with van der Waals surface area (Å²) in [6, 6.07) is 6.82. The zero-order valence-electron chi connectivity index (χ0n) is 18.1. The highest BCUT2D eigenvalue weighted by atomic mass is 16.5. The second-order valence-corrected chi connectivity index (χ2v) is 7.31. The van der Waals surface area contributed by atoms with Gasteiger partial charge in [0.25, 0.3) is 0 Å². The van der Waals surface area contributed by atoms with Gasteiger partial charge in [-0.05, 0) is 18.2 Å². The molecular weight excluding hydrogens is 430 g/mol. The number of hydrogen-bond acceptors (Lipinski definition) is 9. The summed E-state index contributed by atoms with van der Waals surface area (Å²) < 4.78 is 16.1. The fourth-order valence-electron chi connectivity index (χ4n) is 3.74. The fraction of sp³-hybridized carbons (Fsp3) is 0.217. The number of ketones is 1. The van der Waals surface area contributed by atoms with E-state index < -0.39 is 23.7 Å². The molecule has 2 aromatic carbocycles. The third-order valence-electron chi connectivity index (χ3n) is 5.19. The third kappa shape index (κ3) is 3.98. The quantitative estimate of drug-likeness (QED) is 0.229. The Kier molecular flexibility index (Phi) is 5.74. The highest BCUT2D eigenvalue weighted by Crippen LogP contribution is 2.50. The lowest BCUT2D eigenvalue weighted by atomic mass is 9.99. The molecule has 10 nitrogen and oxygen atoms in total. The van der Waals surface area contributed by atoms with Crippen molar-refractivity contribution in [1.82, 2.24) is 10.3 Å². The molecule has 1 amide bonds. The molecule has 0 bridgehead atoms. The van der Waals surface area contributed by atoms with E-state index in [-0.39, 0.29) is 17.7 Å². The Labute approximate surface area is 188 Å². The third-order valence-corrected chi connectivity index (χ3v) is 5.19. The maximum atomic E-state index is 13.2. The van der Waals surface area contributed by atoms with Crippen LogP contribution in [0, 0.1) is 0 Å². The number of carbonyl (C=O) groups is 3. The van der Waals surface area contributed by atoms with Gasteiger partial charge in [-0.25, -0.2) is 4.79 Å². The number of Topliss-reactive ketones (excluding diaryl/α,β-unsaturated/α-hetero) is 1. The van der Waals surface area contributed by atoms with Gasteiger partial charge in [0.1, 0.15) is 23.1 Å². The van der Waals surface area contributed by atoms with E-state index in [4.69, 9.17) is 14.2 Å². The number of pyridine rings is 1. The number of hydrogen-bond donors (Lipinski definition) is 3. The maximum Gasteiger partial charge on any atom is 0.328 e. The summed E-state index contributed by atoms with van der Waals surface area (Å²) in [7, 11) is 2.67. The van der Waals surface area contributed by atoms with Gasteiger partial charge in [-0.15, -0.1) is 0 Å². The predicted octanol–water partition coefficient (Wildman–Crippen LogP) is 3.05. The molecule has 33 heavy (non-hydrogen) atoms. The molecule has 0 saturated heterocycles. The number of phenolic OH excluding ortho intramolecular Hbond substituents is 1. The number of aromatic hydroxyl groups is 1. The summed E-state index contributed by atoms with van der Waals surface area (Å²) in [6.07, 6.45) is 1.20. The lowest BCUT2D eigenvalue weighted by Crippen LogP contribution is -2.42. The molecule has 4 rings (SSSR count). The molecule has 1 aliphatic rings. The summed E-state index contributed by atoms with van der Waals surface area (Å²) in [5, 5.41) is 16.6. The lowest BCUT2D eigenvalue weighted by Gasteiger charge is -2.26. The largest absolute Gasteiger partial charge is 0.506 e. The molecular formula is C23H21N3O7. The van der Waals surface area contributed by atoms with Crippen molar-refractivity contribution in [3.63, 3.8) is 0 Å². The van der Waals surface area contributed by atoms with E-state index in [0.29, 0.717) is 39.5 Å². The summed E-state index contributed by atoms with van der Waals surface area (Å²) >= 11 is 0. The molecule has 1 aliphatic heterocycles. The summed E-state index contributed by atoms with van der Waals surface area (Å²) in [4.78, 5) is 40.9. The molecule has 0 spiro atoms. The first-order valence-electron chi connectivity index (χ1n) is 9.98. The molecule has 1 aromatic heterocycles. The number of nitrogens with zero attached hydrogens (tertiary/aromatic N) is 1. The molecule has 0 saturated carbocycles.